The minimum atomic E-state index is -0.723. The molecule has 0 fully saturated rings. The summed E-state index contributed by atoms with van der Waals surface area (Å²) < 4.78 is 11.2. The number of hydrogen-bond acceptors (Lipinski definition) is 4. The number of hydrogen-bond donors (Lipinski definition) is 1. The fourth-order valence-electron chi connectivity index (χ4n) is 1.13. The molecule has 0 radical (unpaired) electrons. The molecular weight excluding hydrogens is 210 g/mol. The van der Waals surface area contributed by atoms with Crippen molar-refractivity contribution in [1.29, 1.82) is 0 Å². The monoisotopic (exact) mass is 227 g/mol. The molecule has 1 aromatic rings. The van der Waals surface area contributed by atoms with Gasteiger partial charge in [-0.1, -0.05) is 6.92 Å². The maximum Gasteiger partial charge on any atom is 0.147 e. The first-order chi connectivity index (χ1) is 7.13. The Morgan fingerprint density at radius 1 is 1.47 bits per heavy atom. The second-order valence-electron chi connectivity index (χ2n) is 3.30. The average Bonchev–Trinajstić information content (AvgIpc) is 2.23. The minimum absolute atomic E-state index is 0.658. The first-order valence-corrected chi connectivity index (χ1v) is 6.51. The van der Waals surface area contributed by atoms with Gasteiger partial charge in [-0.3, -0.25) is 9.19 Å². The van der Waals surface area contributed by atoms with Crippen molar-refractivity contribution in [2.45, 2.75) is 20.8 Å². The summed E-state index contributed by atoms with van der Waals surface area (Å²) in [7, 11) is -0.723. The molecule has 0 aromatic carbocycles. The zero-order valence-electron chi connectivity index (χ0n) is 9.41. The van der Waals surface area contributed by atoms with Crippen LogP contribution in [0.3, 0.4) is 0 Å². The predicted octanol–water partition coefficient (Wildman–Crippen LogP) is 1.27. The lowest BCUT2D eigenvalue weighted by Crippen LogP contribution is -2.14. The van der Waals surface area contributed by atoms with Crippen molar-refractivity contribution in [2.24, 2.45) is 0 Å². The van der Waals surface area contributed by atoms with Crippen LogP contribution in [0.2, 0.25) is 0 Å². The van der Waals surface area contributed by atoms with E-state index in [9.17, 15) is 4.21 Å². The van der Waals surface area contributed by atoms with Gasteiger partial charge < -0.3 is 5.32 Å². The molecule has 0 aliphatic heterocycles. The van der Waals surface area contributed by atoms with Crippen LogP contribution < -0.4 is 5.32 Å². The summed E-state index contributed by atoms with van der Waals surface area (Å²) in [6, 6.07) is 0. The lowest BCUT2D eigenvalue weighted by atomic mass is 10.4. The molecule has 84 valence electrons. The molecule has 1 unspecified atom stereocenters. The average molecular weight is 227 g/mol. The summed E-state index contributed by atoms with van der Waals surface area (Å²) >= 11 is 0. The molecular formula is C10H17N3OS. The number of aromatic nitrogens is 2. The number of anilines is 1. The molecule has 4 nitrogen and oxygen atoms in total. The van der Waals surface area contributed by atoms with Crippen molar-refractivity contribution in [3.8, 4) is 0 Å². The minimum Gasteiger partial charge on any atom is -0.368 e. The van der Waals surface area contributed by atoms with Gasteiger partial charge in [0.25, 0.3) is 0 Å². The van der Waals surface area contributed by atoms with Crippen molar-refractivity contribution in [3.05, 3.63) is 17.6 Å². The zero-order chi connectivity index (χ0) is 11.3. The molecule has 0 saturated carbocycles. The molecule has 1 rings (SSSR count). The van der Waals surface area contributed by atoms with Crippen LogP contribution in [0.5, 0.6) is 0 Å². The highest BCUT2D eigenvalue weighted by molar-refractivity contribution is 7.84. The summed E-state index contributed by atoms with van der Waals surface area (Å²) in [4.78, 5) is 8.52. The van der Waals surface area contributed by atoms with Gasteiger partial charge in [0.15, 0.2) is 0 Å². The van der Waals surface area contributed by atoms with Gasteiger partial charge >= 0.3 is 0 Å². The quantitative estimate of drug-likeness (QED) is 0.823. The first-order valence-electron chi connectivity index (χ1n) is 5.02. The van der Waals surface area contributed by atoms with Crippen molar-refractivity contribution < 1.29 is 4.21 Å². The van der Waals surface area contributed by atoms with Crippen LogP contribution in [-0.4, -0.2) is 32.2 Å². The molecule has 0 aliphatic carbocycles. The van der Waals surface area contributed by atoms with Crippen molar-refractivity contribution >= 4 is 16.6 Å². The molecule has 1 heterocycles. The maximum atomic E-state index is 11.2. The van der Waals surface area contributed by atoms with Gasteiger partial charge in [0.1, 0.15) is 5.82 Å². The van der Waals surface area contributed by atoms with Gasteiger partial charge in [-0.25, -0.2) is 4.98 Å². The Balaban J connectivity index is 2.50. The zero-order valence-corrected chi connectivity index (χ0v) is 10.2. The Morgan fingerprint density at radius 2 is 2.20 bits per heavy atom. The Bertz CT molecular complexity index is 355. The Kier molecular flexibility index (Phi) is 4.68. The van der Waals surface area contributed by atoms with E-state index < -0.39 is 10.8 Å². The van der Waals surface area contributed by atoms with Crippen LogP contribution >= 0.6 is 0 Å². The van der Waals surface area contributed by atoms with E-state index in [-0.39, 0.29) is 0 Å². The van der Waals surface area contributed by atoms with Crippen molar-refractivity contribution in [1.82, 2.24) is 9.97 Å². The van der Waals surface area contributed by atoms with Gasteiger partial charge in [0, 0.05) is 35.0 Å². The van der Waals surface area contributed by atoms with Crippen LogP contribution in [0.4, 0.5) is 5.82 Å². The molecule has 1 aromatic heterocycles. The number of aryl methyl sites for hydroxylation is 2. The normalized spacial score (nSPS) is 12.5. The lowest BCUT2D eigenvalue weighted by Gasteiger charge is -2.07. The highest BCUT2D eigenvalue weighted by Gasteiger charge is 2.01. The molecule has 1 N–H and O–H groups in total. The van der Waals surface area contributed by atoms with Crippen LogP contribution in [0.1, 0.15) is 18.3 Å². The standard InChI is InChI=1S/C10H17N3OS/c1-4-15(14)6-5-11-10-9(3)12-7-8(2)13-10/h7H,4-6H2,1-3H3,(H,11,13). The highest BCUT2D eigenvalue weighted by atomic mass is 32.2. The third-order valence-electron chi connectivity index (χ3n) is 2.02. The van der Waals surface area contributed by atoms with E-state index in [0.717, 1.165) is 17.2 Å². The van der Waals surface area contributed by atoms with E-state index in [1.165, 1.54) is 0 Å². The molecule has 0 saturated heterocycles. The van der Waals surface area contributed by atoms with Gasteiger partial charge in [-0.2, -0.15) is 0 Å². The van der Waals surface area contributed by atoms with Crippen LogP contribution in [0.25, 0.3) is 0 Å². The van der Waals surface area contributed by atoms with Gasteiger partial charge in [-0.15, -0.1) is 0 Å². The molecule has 5 heteroatoms. The first kappa shape index (κ1) is 12.1. The van der Waals surface area contributed by atoms with Crippen LogP contribution in [0.15, 0.2) is 6.20 Å². The van der Waals surface area contributed by atoms with E-state index in [0.29, 0.717) is 18.1 Å². The summed E-state index contributed by atoms with van der Waals surface area (Å²) in [5.74, 6) is 2.16. The molecule has 0 spiro atoms. The Morgan fingerprint density at radius 3 is 2.87 bits per heavy atom. The number of nitrogens with zero attached hydrogens (tertiary/aromatic N) is 2. The molecule has 0 amide bonds. The third kappa shape index (κ3) is 3.95. The summed E-state index contributed by atoms with van der Waals surface area (Å²) in [6.07, 6.45) is 1.74. The van der Waals surface area contributed by atoms with Crippen molar-refractivity contribution in [2.75, 3.05) is 23.4 Å². The van der Waals surface area contributed by atoms with E-state index in [4.69, 9.17) is 0 Å². The summed E-state index contributed by atoms with van der Waals surface area (Å²) in [6.45, 7) is 6.42. The maximum absolute atomic E-state index is 11.2. The summed E-state index contributed by atoms with van der Waals surface area (Å²) in [5, 5.41) is 3.15. The highest BCUT2D eigenvalue weighted by Crippen LogP contribution is 2.07. The van der Waals surface area contributed by atoms with E-state index in [1.54, 1.807) is 6.20 Å². The fourth-order valence-corrected chi connectivity index (χ4v) is 1.75. The summed E-state index contributed by atoms with van der Waals surface area (Å²) in [5.41, 5.74) is 1.77. The van der Waals surface area contributed by atoms with E-state index in [1.807, 2.05) is 20.8 Å². The Labute approximate surface area is 93.0 Å². The predicted molar refractivity (Wildman–Crippen MR) is 63.5 cm³/mol. The largest absolute Gasteiger partial charge is 0.368 e. The van der Waals surface area contributed by atoms with Gasteiger partial charge in [0.2, 0.25) is 0 Å². The van der Waals surface area contributed by atoms with Crippen LogP contribution in [0, 0.1) is 13.8 Å². The second kappa shape index (κ2) is 5.80. The van der Waals surface area contributed by atoms with Gasteiger partial charge in [0.05, 0.1) is 11.4 Å². The molecule has 0 bridgehead atoms. The fraction of sp³-hybridized carbons (Fsp3) is 0.600. The van der Waals surface area contributed by atoms with Crippen LogP contribution in [-0.2, 0) is 10.8 Å². The lowest BCUT2D eigenvalue weighted by molar-refractivity contribution is 0.684. The van der Waals surface area contributed by atoms with Gasteiger partial charge in [-0.05, 0) is 13.8 Å². The molecule has 1 atom stereocenters. The number of rotatable bonds is 5. The van der Waals surface area contributed by atoms with Crippen molar-refractivity contribution in [3.63, 3.8) is 0 Å². The second-order valence-corrected chi connectivity index (χ2v) is 5.17. The number of nitrogens with one attached hydrogen (secondary N) is 1. The molecule has 0 aliphatic rings. The topological polar surface area (TPSA) is 54.9 Å². The molecule has 15 heavy (non-hydrogen) atoms. The van der Waals surface area contributed by atoms with E-state index >= 15 is 0 Å². The Hall–Kier alpha value is -0.970. The smallest absolute Gasteiger partial charge is 0.147 e. The third-order valence-corrected chi connectivity index (χ3v) is 3.32. The van der Waals surface area contributed by atoms with E-state index in [2.05, 4.69) is 15.3 Å². The SMILES string of the molecule is CCS(=O)CCNc1nc(C)cnc1C.